The van der Waals surface area contributed by atoms with Crippen molar-refractivity contribution in [2.24, 2.45) is 0 Å². The van der Waals surface area contributed by atoms with E-state index in [1.165, 1.54) is 0 Å². The highest BCUT2D eigenvalue weighted by Gasteiger charge is 2.04. The van der Waals surface area contributed by atoms with Gasteiger partial charge in [0.2, 0.25) is 0 Å². The molecule has 0 saturated heterocycles. The van der Waals surface area contributed by atoms with Crippen molar-refractivity contribution in [3.63, 3.8) is 0 Å². The smallest absolute Gasteiger partial charge is 0.328 e. The number of hydrogen-bond donors (Lipinski definition) is 3. The molecule has 7 nitrogen and oxygen atoms in total. The molecule has 0 fully saturated rings. The van der Waals surface area contributed by atoms with Gasteiger partial charge in [0.1, 0.15) is 5.75 Å². The first kappa shape index (κ1) is 15.7. The average molecular weight is 343 g/mol. The van der Waals surface area contributed by atoms with Crippen LogP contribution in [0.15, 0.2) is 40.9 Å². The number of benzene rings is 1. The maximum absolute atomic E-state index is 11.3. The highest BCUT2D eigenvalue weighted by molar-refractivity contribution is 9.10. The molecule has 0 spiro atoms. The highest BCUT2D eigenvalue weighted by Crippen LogP contribution is 2.15. The third-order valence-corrected chi connectivity index (χ3v) is 2.41. The quantitative estimate of drug-likeness (QED) is 0.537. The third kappa shape index (κ3) is 6.55. The molecule has 8 heteroatoms. The van der Waals surface area contributed by atoms with Crippen LogP contribution in [0.4, 0.5) is 0 Å². The zero-order chi connectivity index (χ0) is 15.0. The van der Waals surface area contributed by atoms with E-state index in [2.05, 4.69) is 21.4 Å². The van der Waals surface area contributed by atoms with Crippen molar-refractivity contribution in [3.05, 3.63) is 40.9 Å². The van der Waals surface area contributed by atoms with Crippen molar-refractivity contribution in [1.29, 1.82) is 0 Å². The lowest BCUT2D eigenvalue weighted by molar-refractivity contribution is -0.131. The molecule has 0 unspecified atom stereocenters. The summed E-state index contributed by atoms with van der Waals surface area (Å²) in [6, 6.07) is 6.86. The first-order valence-corrected chi connectivity index (χ1v) is 6.15. The number of carbonyl (C=O) groups is 3. The lowest BCUT2D eigenvalue weighted by atomic mass is 10.3. The van der Waals surface area contributed by atoms with Crippen molar-refractivity contribution in [2.75, 3.05) is 6.61 Å². The van der Waals surface area contributed by atoms with Crippen molar-refractivity contribution >= 4 is 33.7 Å². The van der Waals surface area contributed by atoms with E-state index in [1.807, 2.05) is 5.43 Å². The van der Waals surface area contributed by atoms with Crippen molar-refractivity contribution < 1.29 is 24.2 Å². The number of carboxylic acid groups (broad SMARTS) is 1. The Bertz CT molecular complexity index is 527. The second kappa shape index (κ2) is 7.95. The molecule has 1 aromatic carbocycles. The number of hydrazine groups is 1. The van der Waals surface area contributed by atoms with Gasteiger partial charge in [0.25, 0.3) is 11.8 Å². The second-order valence-electron chi connectivity index (χ2n) is 3.45. The fourth-order valence-electron chi connectivity index (χ4n) is 1.04. The van der Waals surface area contributed by atoms with Crippen LogP contribution in [0.2, 0.25) is 0 Å². The first-order chi connectivity index (χ1) is 9.47. The number of rotatable bonds is 5. The Balaban J connectivity index is 2.28. The largest absolute Gasteiger partial charge is 0.484 e. The molecule has 0 radical (unpaired) electrons. The van der Waals surface area contributed by atoms with E-state index in [0.717, 1.165) is 10.5 Å². The van der Waals surface area contributed by atoms with Gasteiger partial charge in [-0.25, -0.2) is 4.79 Å². The van der Waals surface area contributed by atoms with E-state index in [0.29, 0.717) is 11.8 Å². The standard InChI is InChI=1S/C12H11BrN2O5/c13-8-1-3-9(4-2-8)20-7-11(17)15-14-10(16)5-6-12(18)19/h1-6H,7H2,(H,14,16)(H,15,17)(H,18,19)/b6-5+. The van der Waals surface area contributed by atoms with E-state index in [-0.39, 0.29) is 6.61 Å². The van der Waals surface area contributed by atoms with Gasteiger partial charge in [0, 0.05) is 16.6 Å². The summed E-state index contributed by atoms with van der Waals surface area (Å²) in [6.45, 7) is -0.287. The molecule has 0 aliphatic heterocycles. The Morgan fingerprint density at radius 2 is 1.80 bits per heavy atom. The molecule has 2 amide bonds. The Morgan fingerprint density at radius 1 is 1.15 bits per heavy atom. The highest BCUT2D eigenvalue weighted by atomic mass is 79.9. The molecule has 1 rings (SSSR count). The summed E-state index contributed by atoms with van der Waals surface area (Å²) >= 11 is 3.26. The average Bonchev–Trinajstić information content (AvgIpc) is 2.42. The van der Waals surface area contributed by atoms with E-state index >= 15 is 0 Å². The third-order valence-electron chi connectivity index (χ3n) is 1.89. The van der Waals surface area contributed by atoms with Crippen LogP contribution >= 0.6 is 15.9 Å². The number of hydrogen-bond acceptors (Lipinski definition) is 4. The Hall–Kier alpha value is -2.35. The normalized spacial score (nSPS) is 10.1. The van der Waals surface area contributed by atoms with Crippen LogP contribution in [0.3, 0.4) is 0 Å². The molecule has 0 atom stereocenters. The van der Waals surface area contributed by atoms with E-state index in [1.54, 1.807) is 24.3 Å². The fourth-order valence-corrected chi connectivity index (χ4v) is 1.30. The summed E-state index contributed by atoms with van der Waals surface area (Å²) in [4.78, 5) is 32.5. The van der Waals surface area contributed by atoms with Crippen LogP contribution in [0, 0.1) is 0 Å². The number of carboxylic acids is 1. The molecule has 0 aliphatic rings. The van der Waals surface area contributed by atoms with Crippen LogP contribution in [0.1, 0.15) is 0 Å². The lowest BCUT2D eigenvalue weighted by Gasteiger charge is -2.07. The molecule has 0 aromatic heterocycles. The van der Waals surface area contributed by atoms with E-state index in [9.17, 15) is 14.4 Å². The Labute approximate surface area is 122 Å². The number of amides is 2. The molecule has 0 bridgehead atoms. The maximum atomic E-state index is 11.3. The van der Waals surface area contributed by atoms with Gasteiger partial charge in [0.05, 0.1) is 0 Å². The SMILES string of the molecule is O=C(O)/C=C/C(=O)NNC(=O)COc1ccc(Br)cc1. The summed E-state index contributed by atoms with van der Waals surface area (Å²) in [6.07, 6.45) is 1.43. The van der Waals surface area contributed by atoms with Crippen LogP contribution in [-0.2, 0) is 14.4 Å². The van der Waals surface area contributed by atoms with Gasteiger partial charge in [-0.1, -0.05) is 15.9 Å². The predicted octanol–water partition coefficient (Wildman–Crippen LogP) is 0.616. The summed E-state index contributed by atoms with van der Waals surface area (Å²) in [5.74, 6) is -2.10. The van der Waals surface area contributed by atoms with E-state index in [4.69, 9.17) is 9.84 Å². The van der Waals surface area contributed by atoms with Gasteiger partial charge in [-0.15, -0.1) is 0 Å². The molecule has 106 valence electrons. The molecule has 20 heavy (non-hydrogen) atoms. The van der Waals surface area contributed by atoms with Crippen molar-refractivity contribution in [1.82, 2.24) is 10.9 Å². The monoisotopic (exact) mass is 342 g/mol. The molecule has 0 heterocycles. The van der Waals surface area contributed by atoms with E-state index < -0.39 is 17.8 Å². The molecular weight excluding hydrogens is 332 g/mol. The van der Waals surface area contributed by atoms with Crippen LogP contribution < -0.4 is 15.6 Å². The Morgan fingerprint density at radius 3 is 2.40 bits per heavy atom. The maximum Gasteiger partial charge on any atom is 0.328 e. The summed E-state index contributed by atoms with van der Waals surface area (Å²) < 4.78 is 6.04. The lowest BCUT2D eigenvalue weighted by Crippen LogP contribution is -2.43. The molecule has 0 saturated carbocycles. The van der Waals surface area contributed by atoms with Crippen LogP contribution in [0.25, 0.3) is 0 Å². The van der Waals surface area contributed by atoms with Gasteiger partial charge in [-0.05, 0) is 24.3 Å². The topological polar surface area (TPSA) is 105 Å². The van der Waals surface area contributed by atoms with Gasteiger partial charge in [0.15, 0.2) is 6.61 Å². The van der Waals surface area contributed by atoms with Crippen molar-refractivity contribution in [3.8, 4) is 5.75 Å². The van der Waals surface area contributed by atoms with Crippen molar-refractivity contribution in [2.45, 2.75) is 0 Å². The predicted molar refractivity (Wildman–Crippen MR) is 72.7 cm³/mol. The zero-order valence-electron chi connectivity index (χ0n) is 10.1. The summed E-state index contributed by atoms with van der Waals surface area (Å²) in [5, 5.41) is 8.29. The second-order valence-corrected chi connectivity index (χ2v) is 4.37. The number of nitrogens with one attached hydrogen (secondary N) is 2. The number of carbonyl (C=O) groups excluding carboxylic acids is 2. The minimum atomic E-state index is -1.26. The summed E-state index contributed by atoms with van der Waals surface area (Å²) in [5.41, 5.74) is 4.08. The first-order valence-electron chi connectivity index (χ1n) is 5.35. The number of aliphatic carboxylic acids is 1. The number of halogens is 1. The zero-order valence-corrected chi connectivity index (χ0v) is 11.7. The minimum Gasteiger partial charge on any atom is -0.484 e. The molecule has 3 N–H and O–H groups in total. The van der Waals surface area contributed by atoms with Gasteiger partial charge >= 0.3 is 5.97 Å². The summed E-state index contributed by atoms with van der Waals surface area (Å²) in [7, 11) is 0. The molecule has 1 aromatic rings. The fraction of sp³-hybridized carbons (Fsp3) is 0.0833. The molecule has 0 aliphatic carbocycles. The molecular formula is C12H11BrN2O5. The minimum absolute atomic E-state index is 0.287. The van der Waals surface area contributed by atoms with Gasteiger partial charge in [-0.2, -0.15) is 0 Å². The Kier molecular flexibility index (Phi) is 6.24. The van der Waals surface area contributed by atoms with Crippen LogP contribution in [-0.4, -0.2) is 29.5 Å². The van der Waals surface area contributed by atoms with Gasteiger partial charge < -0.3 is 9.84 Å². The van der Waals surface area contributed by atoms with Crippen LogP contribution in [0.5, 0.6) is 5.75 Å². The van der Waals surface area contributed by atoms with Gasteiger partial charge in [-0.3, -0.25) is 20.4 Å². The number of ether oxygens (including phenoxy) is 1.